The fourth-order valence-electron chi connectivity index (χ4n) is 2.48. The van der Waals surface area contributed by atoms with E-state index in [0.717, 1.165) is 35.7 Å². The van der Waals surface area contributed by atoms with Crippen molar-refractivity contribution in [1.29, 1.82) is 0 Å². The first kappa shape index (κ1) is 15.8. The van der Waals surface area contributed by atoms with Crippen LogP contribution >= 0.6 is 11.8 Å². The molecule has 0 saturated heterocycles. The molecule has 8 heteroatoms. The number of aryl methyl sites for hydroxylation is 1. The third kappa shape index (κ3) is 3.96. The molecule has 116 valence electrons. The van der Waals surface area contributed by atoms with Crippen LogP contribution in [0.25, 0.3) is 0 Å². The van der Waals surface area contributed by atoms with Crippen LogP contribution in [0.1, 0.15) is 38.3 Å². The maximum atomic E-state index is 12.0. The quantitative estimate of drug-likeness (QED) is 0.618. The highest BCUT2D eigenvalue weighted by Gasteiger charge is 2.22. The number of nitrogens with zero attached hydrogens (tertiary/aromatic N) is 3. The van der Waals surface area contributed by atoms with E-state index in [4.69, 9.17) is 5.84 Å². The molecule has 1 aromatic rings. The standard InChI is InChI=1S/C13H21N5O2S/c1-8-5-3-4-6-10(8)15-11(19)7-21-13-17-16-9(2)12(20)18(13)14/h8,10H,3-7,14H2,1-2H3,(H,15,19)/t8-,10+/m0/s1. The summed E-state index contributed by atoms with van der Waals surface area (Å²) >= 11 is 1.12. The molecule has 0 unspecified atom stereocenters. The van der Waals surface area contributed by atoms with E-state index in [1.165, 1.54) is 6.42 Å². The Bertz CT molecular complexity index is 574. The van der Waals surface area contributed by atoms with Gasteiger partial charge in [0.2, 0.25) is 11.1 Å². The van der Waals surface area contributed by atoms with E-state index < -0.39 is 5.56 Å². The Morgan fingerprint density at radius 1 is 1.43 bits per heavy atom. The molecular weight excluding hydrogens is 290 g/mol. The second-order valence-electron chi connectivity index (χ2n) is 5.47. The van der Waals surface area contributed by atoms with E-state index in [1.54, 1.807) is 6.92 Å². The lowest BCUT2D eigenvalue weighted by Crippen LogP contribution is -2.42. The zero-order chi connectivity index (χ0) is 15.4. The minimum atomic E-state index is -0.395. The van der Waals surface area contributed by atoms with Crippen molar-refractivity contribution in [1.82, 2.24) is 20.2 Å². The first-order valence-electron chi connectivity index (χ1n) is 7.12. The van der Waals surface area contributed by atoms with Gasteiger partial charge in [-0.05, 0) is 25.7 Å². The van der Waals surface area contributed by atoms with Crippen LogP contribution in [-0.2, 0) is 4.79 Å². The topological polar surface area (TPSA) is 103 Å². The molecule has 1 aliphatic carbocycles. The second kappa shape index (κ2) is 6.93. The number of rotatable bonds is 4. The summed E-state index contributed by atoms with van der Waals surface area (Å²) in [6.07, 6.45) is 4.59. The molecular formula is C13H21N5O2S. The van der Waals surface area contributed by atoms with E-state index in [1.807, 2.05) is 0 Å². The molecule has 0 spiro atoms. The molecule has 1 fully saturated rings. The van der Waals surface area contributed by atoms with Gasteiger partial charge in [0.1, 0.15) is 5.69 Å². The van der Waals surface area contributed by atoms with Crippen molar-refractivity contribution in [2.75, 3.05) is 11.6 Å². The molecule has 21 heavy (non-hydrogen) atoms. The van der Waals surface area contributed by atoms with Crippen molar-refractivity contribution < 1.29 is 4.79 Å². The Labute approximate surface area is 127 Å². The number of carbonyl (C=O) groups is 1. The summed E-state index contributed by atoms with van der Waals surface area (Å²) in [5, 5.41) is 10.9. The highest BCUT2D eigenvalue weighted by molar-refractivity contribution is 7.99. The highest BCUT2D eigenvalue weighted by atomic mass is 32.2. The predicted molar refractivity (Wildman–Crippen MR) is 81.5 cm³/mol. The van der Waals surface area contributed by atoms with Gasteiger partial charge in [-0.1, -0.05) is 31.5 Å². The molecule has 1 saturated carbocycles. The van der Waals surface area contributed by atoms with Gasteiger partial charge in [0.15, 0.2) is 0 Å². The minimum absolute atomic E-state index is 0.0615. The van der Waals surface area contributed by atoms with Crippen molar-refractivity contribution in [2.24, 2.45) is 5.92 Å². The summed E-state index contributed by atoms with van der Waals surface area (Å²) < 4.78 is 0.934. The number of aromatic nitrogens is 3. The smallest absolute Gasteiger partial charge is 0.294 e. The second-order valence-corrected chi connectivity index (χ2v) is 6.41. The molecule has 3 N–H and O–H groups in total. The Balaban J connectivity index is 1.89. The van der Waals surface area contributed by atoms with Crippen molar-refractivity contribution in [3.8, 4) is 0 Å². The van der Waals surface area contributed by atoms with Gasteiger partial charge < -0.3 is 11.2 Å². The maximum absolute atomic E-state index is 12.0. The summed E-state index contributed by atoms with van der Waals surface area (Å²) in [6, 6.07) is 0.246. The molecule has 0 aliphatic heterocycles. The van der Waals surface area contributed by atoms with E-state index >= 15 is 0 Å². The first-order valence-corrected chi connectivity index (χ1v) is 8.11. The Hall–Kier alpha value is -1.57. The van der Waals surface area contributed by atoms with Gasteiger partial charge in [0.25, 0.3) is 5.56 Å². The average molecular weight is 311 g/mol. The number of hydrogen-bond acceptors (Lipinski definition) is 6. The lowest BCUT2D eigenvalue weighted by Gasteiger charge is -2.29. The normalized spacial score (nSPS) is 22.0. The number of nitrogens with two attached hydrogens (primary N) is 1. The Morgan fingerprint density at radius 3 is 2.86 bits per heavy atom. The molecule has 0 aromatic carbocycles. The fourth-order valence-corrected chi connectivity index (χ4v) is 3.14. The van der Waals surface area contributed by atoms with Crippen LogP contribution in [0, 0.1) is 12.8 Å². The summed E-state index contributed by atoms with van der Waals surface area (Å²) in [5.74, 6) is 6.26. The number of carbonyl (C=O) groups excluding carboxylic acids is 1. The van der Waals surface area contributed by atoms with Crippen LogP contribution < -0.4 is 16.7 Å². The summed E-state index contributed by atoms with van der Waals surface area (Å²) in [5.41, 5.74) is -0.156. The molecule has 2 atom stereocenters. The largest absolute Gasteiger partial charge is 0.352 e. The van der Waals surface area contributed by atoms with Gasteiger partial charge >= 0.3 is 0 Å². The van der Waals surface area contributed by atoms with E-state index in [2.05, 4.69) is 22.4 Å². The van der Waals surface area contributed by atoms with Crippen LogP contribution in [0.3, 0.4) is 0 Å². The number of amides is 1. The lowest BCUT2D eigenvalue weighted by molar-refractivity contribution is -0.119. The van der Waals surface area contributed by atoms with E-state index in [0.29, 0.717) is 5.92 Å². The molecule has 1 aromatic heterocycles. The maximum Gasteiger partial charge on any atom is 0.294 e. The van der Waals surface area contributed by atoms with Gasteiger partial charge in [-0.15, -0.1) is 10.2 Å². The Kier molecular flexibility index (Phi) is 5.22. The highest BCUT2D eigenvalue weighted by Crippen LogP contribution is 2.23. The van der Waals surface area contributed by atoms with E-state index in [-0.39, 0.29) is 28.6 Å². The number of nitrogens with one attached hydrogen (secondary N) is 1. The SMILES string of the molecule is Cc1nnc(SCC(=O)N[C@@H]2CCCC[C@@H]2C)n(N)c1=O. The monoisotopic (exact) mass is 311 g/mol. The van der Waals surface area contributed by atoms with Crippen LogP contribution in [0.5, 0.6) is 0 Å². The molecule has 1 heterocycles. The molecule has 1 aliphatic rings. The zero-order valence-electron chi connectivity index (χ0n) is 12.3. The molecule has 2 rings (SSSR count). The number of thioether (sulfide) groups is 1. The van der Waals surface area contributed by atoms with Crippen molar-refractivity contribution in [3.05, 3.63) is 16.0 Å². The summed E-state index contributed by atoms with van der Waals surface area (Å²) in [6.45, 7) is 3.71. The third-order valence-electron chi connectivity index (χ3n) is 3.81. The third-order valence-corrected chi connectivity index (χ3v) is 4.75. The molecule has 7 nitrogen and oxygen atoms in total. The zero-order valence-corrected chi connectivity index (χ0v) is 13.2. The summed E-state index contributed by atoms with van der Waals surface area (Å²) in [4.78, 5) is 23.6. The van der Waals surface area contributed by atoms with Crippen LogP contribution in [0.4, 0.5) is 0 Å². The Morgan fingerprint density at radius 2 is 2.14 bits per heavy atom. The van der Waals surface area contributed by atoms with Crippen LogP contribution in [-0.4, -0.2) is 32.6 Å². The van der Waals surface area contributed by atoms with Gasteiger partial charge in [0.05, 0.1) is 5.75 Å². The summed E-state index contributed by atoms with van der Waals surface area (Å²) in [7, 11) is 0. The predicted octanol–water partition coefficient (Wildman–Crippen LogP) is 0.448. The van der Waals surface area contributed by atoms with Gasteiger partial charge in [-0.2, -0.15) is 4.68 Å². The van der Waals surface area contributed by atoms with Crippen molar-refractivity contribution >= 4 is 17.7 Å². The lowest BCUT2D eigenvalue weighted by atomic mass is 9.86. The minimum Gasteiger partial charge on any atom is -0.352 e. The van der Waals surface area contributed by atoms with Gasteiger partial charge in [-0.3, -0.25) is 9.59 Å². The van der Waals surface area contributed by atoms with Crippen molar-refractivity contribution in [3.63, 3.8) is 0 Å². The molecule has 0 radical (unpaired) electrons. The first-order chi connectivity index (χ1) is 9.99. The molecule has 1 amide bonds. The van der Waals surface area contributed by atoms with Crippen LogP contribution in [0.15, 0.2) is 9.95 Å². The van der Waals surface area contributed by atoms with E-state index in [9.17, 15) is 9.59 Å². The average Bonchev–Trinajstić information content (AvgIpc) is 2.46. The number of hydrogen-bond donors (Lipinski definition) is 2. The van der Waals surface area contributed by atoms with Gasteiger partial charge in [0, 0.05) is 6.04 Å². The van der Waals surface area contributed by atoms with Crippen LogP contribution in [0.2, 0.25) is 0 Å². The van der Waals surface area contributed by atoms with Crippen molar-refractivity contribution in [2.45, 2.75) is 50.7 Å². The molecule has 0 bridgehead atoms. The fraction of sp³-hybridized carbons (Fsp3) is 0.692. The van der Waals surface area contributed by atoms with Gasteiger partial charge in [-0.25, -0.2) is 0 Å². The number of nitrogen functional groups attached to an aromatic ring is 1.